The molecule has 0 saturated heterocycles. The fraction of sp³-hybridized carbons (Fsp3) is 0.130. The van der Waals surface area contributed by atoms with E-state index in [1.54, 1.807) is 36.4 Å². The monoisotopic (exact) mass is 439 g/mol. The van der Waals surface area contributed by atoms with Crippen molar-refractivity contribution >= 4 is 22.1 Å². The highest BCUT2D eigenvalue weighted by atomic mass is 32.2. The summed E-state index contributed by atoms with van der Waals surface area (Å²) in [5.41, 5.74) is 4.58. The Morgan fingerprint density at radius 1 is 1.00 bits per heavy atom. The number of hydrazone groups is 1. The predicted molar refractivity (Wildman–Crippen MR) is 117 cm³/mol. The molecule has 0 aromatic heterocycles. The van der Waals surface area contributed by atoms with Gasteiger partial charge < -0.3 is 0 Å². The van der Waals surface area contributed by atoms with Crippen LogP contribution in [0.4, 0.5) is 4.39 Å². The van der Waals surface area contributed by atoms with E-state index in [-0.39, 0.29) is 17.1 Å². The average Bonchev–Trinajstić information content (AvgIpc) is 2.75. The van der Waals surface area contributed by atoms with Crippen LogP contribution < -0.4 is 10.1 Å². The Bertz CT molecular complexity index is 1150. The number of hydrogen-bond acceptors (Lipinski definition) is 4. The van der Waals surface area contributed by atoms with Crippen LogP contribution in [0.5, 0.6) is 0 Å². The molecule has 0 aliphatic carbocycles. The molecule has 0 spiro atoms. The molecule has 0 aliphatic heterocycles. The number of nitrogens with zero attached hydrogens (tertiary/aromatic N) is 1. The van der Waals surface area contributed by atoms with Crippen molar-refractivity contribution in [3.8, 4) is 0 Å². The number of carbonyl (C=O) groups is 1. The third-order valence-electron chi connectivity index (χ3n) is 4.49. The zero-order valence-corrected chi connectivity index (χ0v) is 17.6. The first-order chi connectivity index (χ1) is 14.8. The summed E-state index contributed by atoms with van der Waals surface area (Å²) < 4.78 is 41.2. The van der Waals surface area contributed by atoms with Gasteiger partial charge in [-0.05, 0) is 42.3 Å². The summed E-state index contributed by atoms with van der Waals surface area (Å²) in [7, 11) is -3.84. The van der Waals surface area contributed by atoms with Crippen LogP contribution in [0.25, 0.3) is 0 Å². The number of halogens is 1. The van der Waals surface area contributed by atoms with Crippen molar-refractivity contribution in [2.24, 2.45) is 5.10 Å². The maximum atomic E-state index is 12.9. The van der Waals surface area contributed by atoms with Gasteiger partial charge in [-0.15, -0.1) is 0 Å². The lowest BCUT2D eigenvalue weighted by atomic mass is 10.0. The number of nitrogens with one attached hydrogen (secondary N) is 2. The third-order valence-corrected chi connectivity index (χ3v) is 5.98. The predicted octanol–water partition coefficient (Wildman–Crippen LogP) is 3.69. The van der Waals surface area contributed by atoms with Gasteiger partial charge in [0, 0.05) is 6.42 Å². The van der Waals surface area contributed by atoms with E-state index in [2.05, 4.69) is 15.2 Å². The molecular weight excluding hydrogens is 417 g/mol. The molecule has 3 rings (SSSR count). The van der Waals surface area contributed by atoms with Crippen molar-refractivity contribution in [2.75, 3.05) is 0 Å². The molecule has 6 nitrogen and oxygen atoms in total. The van der Waals surface area contributed by atoms with Gasteiger partial charge in [-0.1, -0.05) is 60.2 Å². The van der Waals surface area contributed by atoms with E-state index in [1.165, 1.54) is 42.6 Å². The highest BCUT2D eigenvalue weighted by Gasteiger charge is 2.23. The lowest BCUT2D eigenvalue weighted by molar-refractivity contribution is -0.121. The molecule has 3 aromatic rings. The number of carbonyl (C=O) groups excluding carboxylic acids is 1. The Kier molecular flexibility index (Phi) is 7.28. The quantitative estimate of drug-likeness (QED) is 0.414. The number of benzene rings is 3. The fourth-order valence-corrected chi connectivity index (χ4v) is 4.07. The van der Waals surface area contributed by atoms with E-state index in [0.29, 0.717) is 11.1 Å². The van der Waals surface area contributed by atoms with Crippen molar-refractivity contribution in [1.82, 2.24) is 10.1 Å². The van der Waals surface area contributed by atoms with Gasteiger partial charge in [0.1, 0.15) is 5.82 Å². The summed E-state index contributed by atoms with van der Waals surface area (Å²) >= 11 is 0. The minimum absolute atomic E-state index is 0.119. The van der Waals surface area contributed by atoms with Crippen molar-refractivity contribution in [1.29, 1.82) is 0 Å². The van der Waals surface area contributed by atoms with Gasteiger partial charge in [-0.3, -0.25) is 4.79 Å². The van der Waals surface area contributed by atoms with Crippen molar-refractivity contribution in [2.45, 2.75) is 24.3 Å². The molecule has 8 heteroatoms. The molecule has 160 valence electrons. The summed E-state index contributed by atoms with van der Waals surface area (Å²) in [5.74, 6) is -0.841. The lowest BCUT2D eigenvalue weighted by Gasteiger charge is -2.18. The Balaban J connectivity index is 1.72. The minimum atomic E-state index is -3.84. The second-order valence-electron chi connectivity index (χ2n) is 6.95. The van der Waals surface area contributed by atoms with Crippen molar-refractivity contribution in [3.05, 3.63) is 101 Å². The standard InChI is InChI=1S/C23H22FN3O3S/c1-17-7-13-21(14-8-17)31(29,30)27-22(19-5-3-2-4-6-19)15-23(28)26-25-16-18-9-11-20(24)12-10-18/h2-14,16,22,27H,15H2,1H3,(H,26,28)/b25-16-/t22-/m0/s1. The van der Waals surface area contributed by atoms with E-state index in [9.17, 15) is 17.6 Å². The van der Waals surface area contributed by atoms with Crippen LogP contribution in [0, 0.1) is 12.7 Å². The molecule has 1 atom stereocenters. The topological polar surface area (TPSA) is 87.6 Å². The number of aryl methyl sites for hydroxylation is 1. The Morgan fingerprint density at radius 2 is 1.65 bits per heavy atom. The van der Waals surface area contributed by atoms with E-state index in [1.807, 2.05) is 13.0 Å². The molecule has 0 saturated carbocycles. The highest BCUT2D eigenvalue weighted by molar-refractivity contribution is 7.89. The summed E-state index contributed by atoms with van der Waals surface area (Å²) in [6.07, 6.45) is 1.22. The van der Waals surface area contributed by atoms with Crippen LogP contribution >= 0.6 is 0 Å². The van der Waals surface area contributed by atoms with Crippen molar-refractivity contribution < 1.29 is 17.6 Å². The molecule has 2 N–H and O–H groups in total. The average molecular weight is 440 g/mol. The number of hydrogen-bond donors (Lipinski definition) is 2. The van der Waals surface area contributed by atoms with E-state index in [0.717, 1.165) is 5.56 Å². The van der Waals surface area contributed by atoms with Gasteiger partial charge in [0.25, 0.3) is 0 Å². The molecule has 0 bridgehead atoms. The zero-order valence-electron chi connectivity index (χ0n) is 16.8. The summed E-state index contributed by atoms with van der Waals surface area (Å²) in [5, 5.41) is 3.86. The Hall–Kier alpha value is -3.36. The minimum Gasteiger partial charge on any atom is -0.273 e. The lowest BCUT2D eigenvalue weighted by Crippen LogP contribution is -2.32. The second-order valence-corrected chi connectivity index (χ2v) is 8.66. The molecule has 0 fully saturated rings. The van der Waals surface area contributed by atoms with Crippen LogP contribution in [-0.4, -0.2) is 20.5 Å². The molecule has 0 radical (unpaired) electrons. The highest BCUT2D eigenvalue weighted by Crippen LogP contribution is 2.20. The SMILES string of the molecule is Cc1ccc(S(=O)(=O)N[C@@H](CC(=O)N/N=C\c2ccc(F)cc2)c2ccccc2)cc1. The molecule has 3 aromatic carbocycles. The van der Waals surface area contributed by atoms with Crippen molar-refractivity contribution in [3.63, 3.8) is 0 Å². The molecule has 0 heterocycles. The van der Waals surface area contributed by atoms with Crippen LogP contribution in [-0.2, 0) is 14.8 Å². The van der Waals surface area contributed by atoms with Gasteiger partial charge in [-0.2, -0.15) is 5.10 Å². The maximum absolute atomic E-state index is 12.9. The van der Waals surface area contributed by atoms with Gasteiger partial charge in [0.15, 0.2) is 0 Å². The summed E-state index contributed by atoms with van der Waals surface area (Å²) in [4.78, 5) is 12.5. The summed E-state index contributed by atoms with van der Waals surface area (Å²) in [6.45, 7) is 1.87. The largest absolute Gasteiger partial charge is 0.273 e. The summed E-state index contributed by atoms with van der Waals surface area (Å²) in [6, 6.07) is 20.1. The van der Waals surface area contributed by atoms with Gasteiger partial charge in [0.05, 0.1) is 17.2 Å². The Labute approximate surface area is 180 Å². The van der Waals surface area contributed by atoms with Gasteiger partial charge >= 0.3 is 0 Å². The van der Waals surface area contributed by atoms with E-state index < -0.39 is 22.0 Å². The zero-order chi connectivity index (χ0) is 22.3. The first-order valence-corrected chi connectivity index (χ1v) is 11.0. The number of amides is 1. The number of sulfonamides is 1. The van der Waals surface area contributed by atoms with E-state index in [4.69, 9.17) is 0 Å². The van der Waals surface area contributed by atoms with Gasteiger partial charge in [0.2, 0.25) is 15.9 Å². The fourth-order valence-electron chi connectivity index (χ4n) is 2.84. The van der Waals surface area contributed by atoms with Crippen LogP contribution in [0.2, 0.25) is 0 Å². The normalized spacial score (nSPS) is 12.6. The third kappa shape index (κ3) is 6.56. The number of rotatable bonds is 8. The first-order valence-electron chi connectivity index (χ1n) is 9.55. The van der Waals surface area contributed by atoms with Crippen LogP contribution in [0.15, 0.2) is 88.9 Å². The molecule has 0 aliphatic rings. The molecular formula is C23H22FN3O3S. The first kappa shape index (κ1) is 22.3. The molecule has 31 heavy (non-hydrogen) atoms. The smallest absolute Gasteiger partial charge is 0.242 e. The molecule has 0 unspecified atom stereocenters. The molecule has 1 amide bonds. The maximum Gasteiger partial charge on any atom is 0.242 e. The van der Waals surface area contributed by atoms with Gasteiger partial charge in [-0.25, -0.2) is 23.0 Å². The van der Waals surface area contributed by atoms with Crippen LogP contribution in [0.3, 0.4) is 0 Å². The Morgan fingerprint density at radius 3 is 2.29 bits per heavy atom. The second kappa shape index (κ2) is 10.1. The van der Waals surface area contributed by atoms with E-state index >= 15 is 0 Å². The van der Waals surface area contributed by atoms with Crippen LogP contribution in [0.1, 0.15) is 29.2 Å².